The molecule has 1 aromatic carbocycles. The van der Waals surface area contributed by atoms with Gasteiger partial charge in [0.15, 0.2) is 11.5 Å². The molecule has 0 saturated heterocycles. The number of hydrogen-bond acceptors (Lipinski definition) is 5. The first kappa shape index (κ1) is 16.1. The minimum atomic E-state index is -0.502. The Morgan fingerprint density at radius 1 is 1.00 bits per heavy atom. The fourth-order valence-electron chi connectivity index (χ4n) is 1.78. The number of methoxy groups -OCH3 is 3. The fraction of sp³-hybridized carbons (Fsp3) is 0.533. The number of rotatable bonds is 5. The van der Waals surface area contributed by atoms with Gasteiger partial charge in [-0.15, -0.1) is 0 Å². The number of carbonyl (C=O) groups is 1. The molecule has 0 unspecified atom stereocenters. The number of benzene rings is 1. The van der Waals surface area contributed by atoms with E-state index in [9.17, 15) is 4.79 Å². The molecule has 0 aliphatic rings. The molecule has 0 spiro atoms. The van der Waals surface area contributed by atoms with Crippen LogP contribution in [0.15, 0.2) is 12.1 Å². The minimum absolute atomic E-state index is 0.147. The average Bonchev–Trinajstić information content (AvgIpc) is 2.35. The van der Waals surface area contributed by atoms with Gasteiger partial charge in [-0.05, 0) is 38.5 Å². The first-order valence-electron chi connectivity index (χ1n) is 6.31. The van der Waals surface area contributed by atoms with E-state index in [2.05, 4.69) is 0 Å². The van der Waals surface area contributed by atoms with Crippen LogP contribution in [0.25, 0.3) is 0 Å². The molecule has 20 heavy (non-hydrogen) atoms. The van der Waals surface area contributed by atoms with E-state index in [0.29, 0.717) is 17.2 Å². The van der Waals surface area contributed by atoms with Crippen LogP contribution in [-0.2, 0) is 16.0 Å². The van der Waals surface area contributed by atoms with Gasteiger partial charge < -0.3 is 18.9 Å². The molecule has 0 bridgehead atoms. The lowest BCUT2D eigenvalue weighted by Gasteiger charge is -2.20. The lowest BCUT2D eigenvalue weighted by atomic mass is 10.1. The molecule has 0 N–H and O–H groups in total. The zero-order valence-corrected chi connectivity index (χ0v) is 12.9. The standard InChI is InChI=1S/C15H22O5/c1-15(2,3)20-13(16)9-10-7-11(17-4)14(19-6)12(8-10)18-5/h7-8H,9H2,1-6H3. The zero-order chi connectivity index (χ0) is 15.3. The van der Waals surface area contributed by atoms with Crippen LogP contribution in [0, 0.1) is 0 Å². The first-order chi connectivity index (χ1) is 9.30. The van der Waals surface area contributed by atoms with Crippen LogP contribution in [0.4, 0.5) is 0 Å². The Balaban J connectivity index is 2.99. The fourth-order valence-corrected chi connectivity index (χ4v) is 1.78. The highest BCUT2D eigenvalue weighted by Crippen LogP contribution is 2.38. The van der Waals surface area contributed by atoms with Gasteiger partial charge in [0.2, 0.25) is 5.75 Å². The molecule has 0 amide bonds. The summed E-state index contributed by atoms with van der Waals surface area (Å²) in [6, 6.07) is 3.48. The zero-order valence-electron chi connectivity index (χ0n) is 12.9. The second kappa shape index (κ2) is 6.50. The Morgan fingerprint density at radius 2 is 1.50 bits per heavy atom. The summed E-state index contributed by atoms with van der Waals surface area (Å²) in [5.74, 6) is 1.24. The first-order valence-corrected chi connectivity index (χ1v) is 6.31. The minimum Gasteiger partial charge on any atom is -0.493 e. The Labute approximate surface area is 119 Å². The van der Waals surface area contributed by atoms with Gasteiger partial charge in [0, 0.05) is 0 Å². The summed E-state index contributed by atoms with van der Waals surface area (Å²) in [6.45, 7) is 5.50. The van der Waals surface area contributed by atoms with E-state index in [1.165, 1.54) is 21.3 Å². The van der Waals surface area contributed by atoms with E-state index in [-0.39, 0.29) is 12.4 Å². The molecule has 1 rings (SSSR count). The van der Waals surface area contributed by atoms with Crippen LogP contribution in [0.5, 0.6) is 17.2 Å². The third-order valence-electron chi connectivity index (χ3n) is 2.49. The Morgan fingerprint density at radius 3 is 1.85 bits per heavy atom. The lowest BCUT2D eigenvalue weighted by molar-refractivity contribution is -0.153. The molecule has 1 aromatic rings. The van der Waals surface area contributed by atoms with Crippen molar-refractivity contribution in [3.63, 3.8) is 0 Å². The van der Waals surface area contributed by atoms with E-state index in [0.717, 1.165) is 5.56 Å². The Bertz CT molecular complexity index is 449. The summed E-state index contributed by atoms with van der Waals surface area (Å²) in [4.78, 5) is 11.8. The number of hydrogen-bond donors (Lipinski definition) is 0. The molecular weight excluding hydrogens is 260 g/mol. The molecule has 0 aromatic heterocycles. The normalized spacial score (nSPS) is 10.9. The second-order valence-corrected chi connectivity index (χ2v) is 5.30. The topological polar surface area (TPSA) is 54.0 Å². The largest absolute Gasteiger partial charge is 0.493 e. The molecule has 0 heterocycles. The summed E-state index contributed by atoms with van der Waals surface area (Å²) in [6.07, 6.45) is 0.147. The van der Waals surface area contributed by atoms with E-state index in [1.807, 2.05) is 20.8 Å². The third kappa shape index (κ3) is 4.33. The van der Waals surface area contributed by atoms with Crippen molar-refractivity contribution in [1.82, 2.24) is 0 Å². The van der Waals surface area contributed by atoms with E-state index >= 15 is 0 Å². The van der Waals surface area contributed by atoms with Crippen molar-refractivity contribution in [2.75, 3.05) is 21.3 Å². The van der Waals surface area contributed by atoms with Gasteiger partial charge in [0.05, 0.1) is 27.8 Å². The van der Waals surface area contributed by atoms with Gasteiger partial charge in [0.1, 0.15) is 5.60 Å². The van der Waals surface area contributed by atoms with Crippen LogP contribution < -0.4 is 14.2 Å². The van der Waals surface area contributed by atoms with Crippen molar-refractivity contribution >= 4 is 5.97 Å². The van der Waals surface area contributed by atoms with E-state index < -0.39 is 5.60 Å². The maximum absolute atomic E-state index is 11.8. The third-order valence-corrected chi connectivity index (χ3v) is 2.49. The van der Waals surface area contributed by atoms with Crippen LogP contribution in [-0.4, -0.2) is 32.9 Å². The van der Waals surface area contributed by atoms with Gasteiger partial charge in [-0.25, -0.2) is 0 Å². The van der Waals surface area contributed by atoms with Crippen molar-refractivity contribution in [1.29, 1.82) is 0 Å². The predicted octanol–water partition coefficient (Wildman–Crippen LogP) is 2.60. The van der Waals surface area contributed by atoms with E-state index in [1.54, 1.807) is 12.1 Å². The summed E-state index contributed by atoms with van der Waals surface area (Å²) in [5, 5.41) is 0. The van der Waals surface area contributed by atoms with Gasteiger partial charge in [0.25, 0.3) is 0 Å². The molecule has 112 valence electrons. The van der Waals surface area contributed by atoms with Crippen LogP contribution >= 0.6 is 0 Å². The number of carbonyl (C=O) groups excluding carboxylic acids is 1. The highest BCUT2D eigenvalue weighted by Gasteiger charge is 2.19. The van der Waals surface area contributed by atoms with Gasteiger partial charge in [-0.1, -0.05) is 0 Å². The van der Waals surface area contributed by atoms with Crippen molar-refractivity contribution in [2.45, 2.75) is 32.8 Å². The van der Waals surface area contributed by atoms with Crippen molar-refractivity contribution in [3.8, 4) is 17.2 Å². The molecule has 0 saturated carbocycles. The maximum atomic E-state index is 11.8. The summed E-state index contributed by atoms with van der Waals surface area (Å²) in [5.41, 5.74) is 0.242. The highest BCUT2D eigenvalue weighted by atomic mass is 16.6. The Kier molecular flexibility index (Phi) is 5.25. The maximum Gasteiger partial charge on any atom is 0.310 e. The number of esters is 1. The van der Waals surface area contributed by atoms with Crippen LogP contribution in [0.3, 0.4) is 0 Å². The van der Waals surface area contributed by atoms with Crippen LogP contribution in [0.2, 0.25) is 0 Å². The summed E-state index contributed by atoms with van der Waals surface area (Å²) in [7, 11) is 4.61. The summed E-state index contributed by atoms with van der Waals surface area (Å²) < 4.78 is 21.0. The second-order valence-electron chi connectivity index (χ2n) is 5.30. The molecule has 0 radical (unpaired) electrons. The van der Waals surface area contributed by atoms with Crippen molar-refractivity contribution < 1.29 is 23.7 Å². The highest BCUT2D eigenvalue weighted by molar-refractivity contribution is 5.74. The molecule has 0 aliphatic heterocycles. The van der Waals surface area contributed by atoms with Gasteiger partial charge in [-0.3, -0.25) is 4.79 Å². The monoisotopic (exact) mass is 282 g/mol. The van der Waals surface area contributed by atoms with Crippen molar-refractivity contribution in [3.05, 3.63) is 17.7 Å². The number of ether oxygens (including phenoxy) is 4. The molecule has 5 heteroatoms. The van der Waals surface area contributed by atoms with E-state index in [4.69, 9.17) is 18.9 Å². The molecule has 0 aliphatic carbocycles. The van der Waals surface area contributed by atoms with Gasteiger partial charge >= 0.3 is 5.97 Å². The summed E-state index contributed by atoms with van der Waals surface area (Å²) >= 11 is 0. The molecule has 0 atom stereocenters. The Hall–Kier alpha value is -1.91. The van der Waals surface area contributed by atoms with Crippen LogP contribution in [0.1, 0.15) is 26.3 Å². The molecular formula is C15H22O5. The molecule has 5 nitrogen and oxygen atoms in total. The predicted molar refractivity (Wildman–Crippen MR) is 75.6 cm³/mol. The molecule has 0 fully saturated rings. The lowest BCUT2D eigenvalue weighted by Crippen LogP contribution is -2.24. The quantitative estimate of drug-likeness (QED) is 0.777. The SMILES string of the molecule is COc1cc(CC(=O)OC(C)(C)C)cc(OC)c1OC. The smallest absolute Gasteiger partial charge is 0.310 e. The average molecular weight is 282 g/mol. The van der Waals surface area contributed by atoms with Gasteiger partial charge in [-0.2, -0.15) is 0 Å². The van der Waals surface area contributed by atoms with Crippen molar-refractivity contribution in [2.24, 2.45) is 0 Å².